The molecule has 0 bridgehead atoms. The Morgan fingerprint density at radius 1 is 1.10 bits per heavy atom. The second-order valence-electron chi connectivity index (χ2n) is 6.60. The van der Waals surface area contributed by atoms with Crippen molar-refractivity contribution in [2.24, 2.45) is 0 Å². The van der Waals surface area contributed by atoms with Crippen LogP contribution in [0.15, 0.2) is 72.3 Å². The van der Waals surface area contributed by atoms with E-state index in [0.29, 0.717) is 16.6 Å². The highest BCUT2D eigenvalue weighted by Gasteiger charge is 2.36. The minimum Gasteiger partial charge on any atom is -0.463 e. The molecular formula is C22H17NO6S2. The lowest BCUT2D eigenvalue weighted by Crippen LogP contribution is -2.27. The molecule has 0 atom stereocenters. The van der Waals surface area contributed by atoms with Gasteiger partial charge in [-0.05, 0) is 55.1 Å². The van der Waals surface area contributed by atoms with Gasteiger partial charge in [0.2, 0.25) is 5.76 Å². The van der Waals surface area contributed by atoms with E-state index in [4.69, 9.17) is 8.83 Å². The summed E-state index contributed by atoms with van der Waals surface area (Å²) in [6.45, 7) is 1.95. The lowest BCUT2D eigenvalue weighted by atomic mass is 10.2. The molecule has 158 valence electrons. The summed E-state index contributed by atoms with van der Waals surface area (Å²) in [5.41, 5.74) is 1.18. The first-order chi connectivity index (χ1) is 14.9. The molecule has 3 heterocycles. The molecule has 31 heavy (non-hydrogen) atoms. The van der Waals surface area contributed by atoms with Gasteiger partial charge in [0.15, 0.2) is 5.09 Å². The molecule has 1 aliphatic rings. The van der Waals surface area contributed by atoms with Gasteiger partial charge in [-0.15, -0.1) is 0 Å². The summed E-state index contributed by atoms with van der Waals surface area (Å²) in [5.74, 6) is -0.286. The van der Waals surface area contributed by atoms with Crippen molar-refractivity contribution >= 4 is 46.7 Å². The number of carbonyl (C=O) groups is 3. The standard InChI is InChI=1S/C22H17NO6S2/c1-13-3-7-16(8-4-13)30-19-10-6-14(29-19)11-18-20(24)23(22(26)31-18)12-15-5-9-17(28-15)21(25)27-2/h3-11H,12H2,1-2H3/b18-11+. The third-order valence-corrected chi connectivity index (χ3v) is 6.19. The summed E-state index contributed by atoms with van der Waals surface area (Å²) in [6, 6.07) is 14.6. The van der Waals surface area contributed by atoms with Gasteiger partial charge in [-0.1, -0.05) is 29.5 Å². The van der Waals surface area contributed by atoms with Gasteiger partial charge in [0.05, 0.1) is 18.6 Å². The van der Waals surface area contributed by atoms with Crippen LogP contribution in [0.2, 0.25) is 0 Å². The third-order valence-electron chi connectivity index (χ3n) is 4.35. The molecule has 0 unspecified atom stereocenters. The van der Waals surface area contributed by atoms with E-state index < -0.39 is 17.1 Å². The van der Waals surface area contributed by atoms with E-state index in [1.807, 2.05) is 37.3 Å². The fourth-order valence-electron chi connectivity index (χ4n) is 2.78. The van der Waals surface area contributed by atoms with Crippen LogP contribution in [0.25, 0.3) is 6.08 Å². The quantitative estimate of drug-likeness (QED) is 0.363. The van der Waals surface area contributed by atoms with E-state index in [1.54, 1.807) is 12.1 Å². The number of ether oxygens (including phenoxy) is 1. The number of imide groups is 1. The SMILES string of the molecule is COC(=O)c1ccc(CN2C(=O)S/C(=C/c3ccc(Sc4ccc(C)cc4)o3)C2=O)o1. The van der Waals surface area contributed by atoms with Crippen LogP contribution in [-0.2, 0) is 16.1 Å². The van der Waals surface area contributed by atoms with Crippen LogP contribution in [-0.4, -0.2) is 29.1 Å². The number of amides is 2. The Morgan fingerprint density at radius 3 is 2.61 bits per heavy atom. The van der Waals surface area contributed by atoms with Gasteiger partial charge in [0, 0.05) is 11.0 Å². The van der Waals surface area contributed by atoms with Crippen LogP contribution in [0.4, 0.5) is 4.79 Å². The van der Waals surface area contributed by atoms with Gasteiger partial charge in [0.25, 0.3) is 11.1 Å². The van der Waals surface area contributed by atoms with Crippen LogP contribution >= 0.6 is 23.5 Å². The summed E-state index contributed by atoms with van der Waals surface area (Å²) >= 11 is 2.30. The monoisotopic (exact) mass is 455 g/mol. The summed E-state index contributed by atoms with van der Waals surface area (Å²) in [6.07, 6.45) is 1.55. The Bertz CT molecular complexity index is 1170. The number of carbonyl (C=O) groups excluding carboxylic acids is 3. The number of methoxy groups -OCH3 is 1. The number of hydrogen-bond acceptors (Lipinski definition) is 8. The number of aryl methyl sites for hydroxylation is 1. The van der Waals surface area contributed by atoms with Crippen molar-refractivity contribution in [2.45, 2.75) is 23.5 Å². The average molecular weight is 456 g/mol. The lowest BCUT2D eigenvalue weighted by Gasteiger charge is -2.09. The lowest BCUT2D eigenvalue weighted by molar-refractivity contribution is -0.123. The van der Waals surface area contributed by atoms with E-state index in [9.17, 15) is 14.4 Å². The number of thioether (sulfide) groups is 1. The first-order valence-corrected chi connectivity index (χ1v) is 10.8. The predicted octanol–water partition coefficient (Wildman–Crippen LogP) is 5.36. The molecule has 7 nitrogen and oxygen atoms in total. The van der Waals surface area contributed by atoms with Crippen molar-refractivity contribution in [2.75, 3.05) is 7.11 Å². The summed E-state index contributed by atoms with van der Waals surface area (Å²) in [5, 5.41) is 0.258. The molecule has 0 saturated carbocycles. The van der Waals surface area contributed by atoms with Crippen molar-refractivity contribution < 1.29 is 28.0 Å². The first kappa shape index (κ1) is 21.1. The van der Waals surface area contributed by atoms with E-state index in [1.165, 1.54) is 36.6 Å². The zero-order valence-electron chi connectivity index (χ0n) is 16.6. The van der Waals surface area contributed by atoms with E-state index in [2.05, 4.69) is 4.74 Å². The molecule has 1 aliphatic heterocycles. The summed E-state index contributed by atoms with van der Waals surface area (Å²) in [7, 11) is 1.24. The van der Waals surface area contributed by atoms with Crippen molar-refractivity contribution in [3.05, 3.63) is 76.3 Å². The highest BCUT2D eigenvalue weighted by atomic mass is 32.2. The Labute approximate surface area is 186 Å². The second-order valence-corrected chi connectivity index (χ2v) is 8.67. The molecule has 0 aliphatic carbocycles. The second kappa shape index (κ2) is 8.91. The van der Waals surface area contributed by atoms with Crippen molar-refractivity contribution in [1.29, 1.82) is 0 Å². The largest absolute Gasteiger partial charge is 0.463 e. The van der Waals surface area contributed by atoms with Gasteiger partial charge in [-0.3, -0.25) is 14.5 Å². The molecule has 2 aromatic heterocycles. The predicted molar refractivity (Wildman–Crippen MR) is 116 cm³/mol. The molecule has 1 fully saturated rings. The zero-order valence-corrected chi connectivity index (χ0v) is 18.2. The maximum atomic E-state index is 12.7. The zero-order chi connectivity index (χ0) is 22.0. The Hall–Kier alpha value is -3.17. The minimum absolute atomic E-state index is 0.00852. The smallest absolute Gasteiger partial charge is 0.373 e. The highest BCUT2D eigenvalue weighted by Crippen LogP contribution is 2.35. The van der Waals surface area contributed by atoms with Crippen molar-refractivity contribution in [3.8, 4) is 0 Å². The molecule has 0 spiro atoms. The topological polar surface area (TPSA) is 90.0 Å². The van der Waals surface area contributed by atoms with Gasteiger partial charge in [0.1, 0.15) is 11.5 Å². The number of furan rings is 2. The van der Waals surface area contributed by atoms with Gasteiger partial charge < -0.3 is 13.6 Å². The molecule has 2 amide bonds. The van der Waals surface area contributed by atoms with Crippen LogP contribution in [0.1, 0.15) is 27.6 Å². The molecule has 0 N–H and O–H groups in total. The van der Waals surface area contributed by atoms with Crippen LogP contribution in [0.5, 0.6) is 0 Å². The Morgan fingerprint density at radius 2 is 1.87 bits per heavy atom. The number of hydrogen-bond donors (Lipinski definition) is 0. The van der Waals surface area contributed by atoms with Gasteiger partial charge in [-0.2, -0.15) is 0 Å². The van der Waals surface area contributed by atoms with Gasteiger partial charge in [-0.25, -0.2) is 4.79 Å². The van der Waals surface area contributed by atoms with Gasteiger partial charge >= 0.3 is 5.97 Å². The number of rotatable bonds is 6. The molecule has 1 aromatic carbocycles. The highest BCUT2D eigenvalue weighted by molar-refractivity contribution is 8.18. The maximum absolute atomic E-state index is 12.7. The van der Waals surface area contributed by atoms with Crippen molar-refractivity contribution in [3.63, 3.8) is 0 Å². The fourth-order valence-corrected chi connectivity index (χ4v) is 4.38. The third kappa shape index (κ3) is 4.78. The Kier molecular flexibility index (Phi) is 6.06. The van der Waals surface area contributed by atoms with Crippen LogP contribution in [0.3, 0.4) is 0 Å². The molecule has 3 aromatic rings. The first-order valence-electron chi connectivity index (χ1n) is 9.19. The maximum Gasteiger partial charge on any atom is 0.373 e. The molecule has 1 saturated heterocycles. The molecule has 9 heteroatoms. The fraction of sp³-hybridized carbons (Fsp3) is 0.136. The number of esters is 1. The van der Waals surface area contributed by atoms with Crippen LogP contribution in [0, 0.1) is 6.92 Å². The number of benzene rings is 1. The molecule has 4 rings (SSSR count). The van der Waals surface area contributed by atoms with Crippen molar-refractivity contribution in [1.82, 2.24) is 4.90 Å². The summed E-state index contributed by atoms with van der Waals surface area (Å²) < 4.78 is 15.7. The molecular weight excluding hydrogens is 438 g/mol. The van der Waals surface area contributed by atoms with Crippen LogP contribution < -0.4 is 0 Å². The number of nitrogens with zero attached hydrogens (tertiary/aromatic N) is 1. The van der Waals surface area contributed by atoms with E-state index in [-0.39, 0.29) is 17.2 Å². The Balaban J connectivity index is 1.44. The normalized spacial score (nSPS) is 15.2. The van der Waals surface area contributed by atoms with E-state index >= 15 is 0 Å². The van der Waals surface area contributed by atoms with E-state index in [0.717, 1.165) is 21.6 Å². The summed E-state index contributed by atoms with van der Waals surface area (Å²) in [4.78, 5) is 38.8. The minimum atomic E-state index is -0.627. The molecule has 0 radical (unpaired) electrons. The average Bonchev–Trinajstić information content (AvgIpc) is 3.47.